The van der Waals surface area contributed by atoms with Crippen LogP contribution in [0.5, 0.6) is 0 Å². The standard InChI is InChI=1S/C3H7NO2/c5-3(6)4-1-2-4/h3,5-6H,1-2H2. The van der Waals surface area contributed by atoms with E-state index in [0.29, 0.717) is 0 Å². The highest BCUT2D eigenvalue weighted by Gasteiger charge is 2.22. The minimum Gasteiger partial charge on any atom is -0.356 e. The highest BCUT2D eigenvalue weighted by Crippen LogP contribution is 2.03. The monoisotopic (exact) mass is 89.0 g/mol. The number of aliphatic hydroxyl groups excluding tert-OH is 1. The van der Waals surface area contributed by atoms with Crippen molar-refractivity contribution in [3.05, 3.63) is 0 Å². The highest BCUT2D eigenvalue weighted by atomic mass is 16.5. The van der Waals surface area contributed by atoms with Crippen molar-refractivity contribution in [2.45, 2.75) is 6.41 Å². The van der Waals surface area contributed by atoms with Gasteiger partial charge in [-0.1, -0.05) is 0 Å². The molecule has 0 amide bonds. The molecular weight excluding hydrogens is 82.0 g/mol. The van der Waals surface area contributed by atoms with Crippen LogP contribution in [-0.4, -0.2) is 34.6 Å². The topological polar surface area (TPSA) is 43.5 Å². The van der Waals surface area contributed by atoms with Crippen LogP contribution >= 0.6 is 0 Å². The van der Waals surface area contributed by atoms with Crippen LogP contribution < -0.4 is 0 Å². The molecule has 3 nitrogen and oxygen atoms in total. The van der Waals surface area contributed by atoms with Crippen molar-refractivity contribution in [3.63, 3.8) is 0 Å². The smallest absolute Gasteiger partial charge is 0.213 e. The summed E-state index contributed by atoms with van der Waals surface area (Å²) in [5, 5.41) is 16.3. The van der Waals surface area contributed by atoms with E-state index in [2.05, 4.69) is 0 Å². The van der Waals surface area contributed by atoms with Crippen LogP contribution in [0.2, 0.25) is 0 Å². The first-order valence-electron chi connectivity index (χ1n) is 1.91. The van der Waals surface area contributed by atoms with Crippen LogP contribution in [0.3, 0.4) is 0 Å². The van der Waals surface area contributed by atoms with Gasteiger partial charge in [0, 0.05) is 13.1 Å². The zero-order valence-corrected chi connectivity index (χ0v) is 3.33. The summed E-state index contributed by atoms with van der Waals surface area (Å²) in [5.41, 5.74) is 0. The molecule has 1 rings (SSSR count). The molecule has 0 aromatic carbocycles. The molecule has 0 aromatic heterocycles. The highest BCUT2D eigenvalue weighted by molar-refractivity contribution is 4.69. The Hall–Kier alpha value is -0.120. The second-order valence-electron chi connectivity index (χ2n) is 1.38. The molecule has 0 unspecified atom stereocenters. The Morgan fingerprint density at radius 1 is 1.33 bits per heavy atom. The van der Waals surface area contributed by atoms with Crippen LogP contribution in [0.1, 0.15) is 0 Å². The van der Waals surface area contributed by atoms with Crippen LogP contribution in [0.4, 0.5) is 0 Å². The van der Waals surface area contributed by atoms with Crippen molar-refractivity contribution < 1.29 is 10.2 Å². The minimum absolute atomic E-state index is 0.831. The summed E-state index contributed by atoms with van der Waals surface area (Å²) in [6, 6.07) is 0. The molecule has 0 bridgehead atoms. The van der Waals surface area contributed by atoms with Gasteiger partial charge in [0.2, 0.25) is 6.41 Å². The molecule has 1 aliphatic heterocycles. The number of rotatable bonds is 1. The molecule has 0 spiro atoms. The Morgan fingerprint density at radius 2 is 1.83 bits per heavy atom. The number of hydrogen-bond acceptors (Lipinski definition) is 3. The molecule has 6 heavy (non-hydrogen) atoms. The lowest BCUT2D eigenvalue weighted by atomic mass is 11.0. The van der Waals surface area contributed by atoms with Gasteiger partial charge in [0.15, 0.2) is 0 Å². The molecule has 1 aliphatic rings. The summed E-state index contributed by atoms with van der Waals surface area (Å²) in [5.74, 6) is 0. The Bertz CT molecular complexity index is 50.8. The lowest BCUT2D eigenvalue weighted by molar-refractivity contribution is -0.109. The summed E-state index contributed by atoms with van der Waals surface area (Å²) >= 11 is 0. The summed E-state index contributed by atoms with van der Waals surface area (Å²) in [6.45, 7) is 1.66. The lowest BCUT2D eigenvalue weighted by Gasteiger charge is -1.97. The Labute approximate surface area is 35.8 Å². The Kier molecular flexibility index (Phi) is 0.799. The van der Waals surface area contributed by atoms with Gasteiger partial charge in [-0.2, -0.15) is 0 Å². The Morgan fingerprint density at radius 3 is 1.83 bits per heavy atom. The van der Waals surface area contributed by atoms with Crippen LogP contribution in [0.25, 0.3) is 0 Å². The first-order valence-corrected chi connectivity index (χ1v) is 1.91. The van der Waals surface area contributed by atoms with Crippen LogP contribution in [0.15, 0.2) is 0 Å². The molecule has 1 heterocycles. The van der Waals surface area contributed by atoms with Gasteiger partial charge in [0.25, 0.3) is 0 Å². The molecule has 0 aromatic rings. The van der Waals surface area contributed by atoms with Crippen molar-refractivity contribution in [1.29, 1.82) is 0 Å². The summed E-state index contributed by atoms with van der Waals surface area (Å²) in [4.78, 5) is 1.53. The molecule has 0 radical (unpaired) electrons. The SMILES string of the molecule is OC(O)N1CC1. The van der Waals surface area contributed by atoms with Crippen molar-refractivity contribution in [1.82, 2.24) is 4.90 Å². The van der Waals surface area contributed by atoms with Crippen molar-refractivity contribution in [3.8, 4) is 0 Å². The molecule has 0 atom stereocenters. The normalized spacial score (nSPS) is 22.5. The average Bonchev–Trinajstić information content (AvgIpc) is 2.06. The number of nitrogens with zero attached hydrogens (tertiary/aromatic N) is 1. The maximum absolute atomic E-state index is 8.17. The van der Waals surface area contributed by atoms with Gasteiger partial charge in [-0.3, -0.25) is 4.90 Å². The van der Waals surface area contributed by atoms with Gasteiger partial charge >= 0.3 is 0 Å². The molecule has 0 saturated carbocycles. The second-order valence-corrected chi connectivity index (χ2v) is 1.38. The second kappa shape index (κ2) is 1.18. The summed E-state index contributed by atoms with van der Waals surface area (Å²) in [6.07, 6.45) is -1.20. The van der Waals surface area contributed by atoms with Crippen molar-refractivity contribution in [2.24, 2.45) is 0 Å². The van der Waals surface area contributed by atoms with E-state index in [1.54, 1.807) is 0 Å². The maximum Gasteiger partial charge on any atom is 0.213 e. The van der Waals surface area contributed by atoms with E-state index >= 15 is 0 Å². The van der Waals surface area contributed by atoms with Crippen molar-refractivity contribution >= 4 is 0 Å². The fourth-order valence-corrected chi connectivity index (χ4v) is 0.289. The van der Waals surface area contributed by atoms with Gasteiger partial charge in [-0.05, 0) is 0 Å². The molecule has 2 N–H and O–H groups in total. The van der Waals surface area contributed by atoms with E-state index in [0.717, 1.165) is 13.1 Å². The largest absolute Gasteiger partial charge is 0.356 e. The number of aliphatic hydroxyl groups is 2. The van der Waals surface area contributed by atoms with E-state index < -0.39 is 6.41 Å². The third-order valence-corrected chi connectivity index (χ3v) is 0.808. The zero-order valence-electron chi connectivity index (χ0n) is 3.33. The van der Waals surface area contributed by atoms with Crippen LogP contribution in [0, 0.1) is 0 Å². The minimum atomic E-state index is -1.20. The summed E-state index contributed by atoms with van der Waals surface area (Å²) in [7, 11) is 0. The van der Waals surface area contributed by atoms with E-state index in [1.807, 2.05) is 0 Å². The first kappa shape index (κ1) is 4.05. The Balaban J connectivity index is 2.13. The summed E-state index contributed by atoms with van der Waals surface area (Å²) < 4.78 is 0. The molecule has 1 saturated heterocycles. The number of hydrogen-bond donors (Lipinski definition) is 2. The molecule has 1 fully saturated rings. The van der Waals surface area contributed by atoms with E-state index in [1.165, 1.54) is 4.90 Å². The first-order chi connectivity index (χ1) is 2.80. The molecule has 3 heteroatoms. The van der Waals surface area contributed by atoms with E-state index in [9.17, 15) is 0 Å². The predicted octanol–water partition coefficient (Wildman–Crippen LogP) is -1.43. The predicted molar refractivity (Wildman–Crippen MR) is 19.8 cm³/mol. The molecule has 0 aliphatic carbocycles. The van der Waals surface area contributed by atoms with Gasteiger partial charge < -0.3 is 10.2 Å². The third-order valence-electron chi connectivity index (χ3n) is 0.808. The molecular formula is C3H7NO2. The van der Waals surface area contributed by atoms with Crippen LogP contribution in [-0.2, 0) is 0 Å². The van der Waals surface area contributed by atoms with Gasteiger partial charge in [0.1, 0.15) is 0 Å². The molecule has 36 valence electrons. The zero-order chi connectivity index (χ0) is 4.57. The van der Waals surface area contributed by atoms with Gasteiger partial charge in [-0.15, -0.1) is 0 Å². The fourth-order valence-electron chi connectivity index (χ4n) is 0.289. The fraction of sp³-hybridized carbons (Fsp3) is 1.00. The van der Waals surface area contributed by atoms with E-state index in [-0.39, 0.29) is 0 Å². The van der Waals surface area contributed by atoms with E-state index in [4.69, 9.17) is 10.2 Å². The average molecular weight is 89.1 g/mol. The van der Waals surface area contributed by atoms with Gasteiger partial charge in [0.05, 0.1) is 0 Å². The lowest BCUT2D eigenvalue weighted by Crippen LogP contribution is -2.15. The third kappa shape index (κ3) is 0.680. The maximum atomic E-state index is 8.17. The quantitative estimate of drug-likeness (QED) is 0.306. The van der Waals surface area contributed by atoms with Crippen molar-refractivity contribution in [2.75, 3.05) is 13.1 Å². The van der Waals surface area contributed by atoms with Gasteiger partial charge in [-0.25, -0.2) is 0 Å².